The molecule has 10 heteroatoms. The number of benzene rings is 3. The van der Waals surface area contributed by atoms with Crippen LogP contribution in [0.2, 0.25) is 0 Å². The Balaban J connectivity index is 1.36. The van der Waals surface area contributed by atoms with Gasteiger partial charge in [-0.1, -0.05) is 35.5 Å². The molecule has 0 bridgehead atoms. The molecular formula is C22H16FN3O5S. The molecule has 0 aliphatic carbocycles. The fourth-order valence-corrected chi connectivity index (χ4v) is 3.79. The molecule has 1 N–H and O–H groups in total. The van der Waals surface area contributed by atoms with Crippen molar-refractivity contribution in [3.8, 4) is 11.4 Å². The highest BCUT2D eigenvalue weighted by Crippen LogP contribution is 2.18. The standard InChI is InChI=1S/C22H16FN3O5S/c23-17-8-12-19(13-9-17)32(28,29)26-18-10-6-16(7-11-18)22(27)30-14-20-24-21(25-31-20)15-4-2-1-3-5-15/h1-13,26H,14H2. The Kier molecular flexibility index (Phi) is 5.95. The first-order valence-corrected chi connectivity index (χ1v) is 10.8. The van der Waals surface area contributed by atoms with Gasteiger partial charge in [-0.15, -0.1) is 0 Å². The number of nitrogens with one attached hydrogen (secondary N) is 1. The van der Waals surface area contributed by atoms with Gasteiger partial charge in [-0.05, 0) is 48.5 Å². The van der Waals surface area contributed by atoms with E-state index in [1.54, 1.807) is 0 Å². The Bertz CT molecular complexity index is 1320. The molecule has 8 nitrogen and oxygen atoms in total. The van der Waals surface area contributed by atoms with Crippen molar-refractivity contribution in [1.29, 1.82) is 0 Å². The van der Waals surface area contributed by atoms with Gasteiger partial charge in [0.05, 0.1) is 10.5 Å². The molecule has 0 spiro atoms. The molecule has 0 radical (unpaired) electrons. The summed E-state index contributed by atoms with van der Waals surface area (Å²) >= 11 is 0. The Labute approximate surface area is 182 Å². The number of hydrogen-bond donors (Lipinski definition) is 1. The molecule has 32 heavy (non-hydrogen) atoms. The van der Waals surface area contributed by atoms with Crippen molar-refractivity contribution < 1.29 is 26.9 Å². The van der Waals surface area contributed by atoms with Crippen molar-refractivity contribution in [2.24, 2.45) is 0 Å². The van der Waals surface area contributed by atoms with Gasteiger partial charge in [0.2, 0.25) is 5.82 Å². The molecule has 0 aliphatic heterocycles. The van der Waals surface area contributed by atoms with Gasteiger partial charge in [0.1, 0.15) is 5.82 Å². The van der Waals surface area contributed by atoms with Crippen molar-refractivity contribution in [3.05, 3.63) is 96.1 Å². The summed E-state index contributed by atoms with van der Waals surface area (Å²) in [6, 6.07) is 19.3. The lowest BCUT2D eigenvalue weighted by Gasteiger charge is -2.09. The molecule has 0 aliphatic rings. The Morgan fingerprint density at radius 3 is 2.34 bits per heavy atom. The number of nitrogens with zero attached hydrogens (tertiary/aromatic N) is 2. The lowest BCUT2D eigenvalue weighted by atomic mass is 10.2. The predicted molar refractivity (Wildman–Crippen MR) is 113 cm³/mol. The zero-order chi connectivity index (χ0) is 22.6. The molecule has 4 rings (SSSR count). The SMILES string of the molecule is O=C(OCc1nc(-c2ccccc2)no1)c1ccc(NS(=O)(=O)c2ccc(F)cc2)cc1. The number of ether oxygens (including phenoxy) is 1. The first-order valence-electron chi connectivity index (χ1n) is 9.34. The molecule has 162 valence electrons. The molecule has 0 fully saturated rings. The number of rotatable bonds is 7. The molecule has 3 aromatic carbocycles. The third-order valence-corrected chi connectivity index (χ3v) is 5.72. The quantitative estimate of drug-likeness (QED) is 0.421. The normalized spacial score (nSPS) is 11.2. The summed E-state index contributed by atoms with van der Waals surface area (Å²) in [6.45, 7) is -0.211. The van der Waals surface area contributed by atoms with Crippen LogP contribution in [0.1, 0.15) is 16.2 Å². The first-order chi connectivity index (χ1) is 15.4. The first kappa shape index (κ1) is 21.2. The lowest BCUT2D eigenvalue weighted by Crippen LogP contribution is -2.13. The average molecular weight is 453 g/mol. The van der Waals surface area contributed by atoms with Crippen molar-refractivity contribution >= 4 is 21.7 Å². The van der Waals surface area contributed by atoms with Gasteiger partial charge < -0.3 is 9.26 Å². The predicted octanol–water partition coefficient (Wildman–Crippen LogP) is 4.03. The maximum atomic E-state index is 13.0. The Hall–Kier alpha value is -4.05. The van der Waals surface area contributed by atoms with E-state index in [4.69, 9.17) is 9.26 Å². The van der Waals surface area contributed by atoms with Crippen molar-refractivity contribution in [2.75, 3.05) is 4.72 Å². The van der Waals surface area contributed by atoms with Crippen LogP contribution in [0.15, 0.2) is 88.3 Å². The van der Waals surface area contributed by atoms with E-state index in [9.17, 15) is 17.6 Å². The van der Waals surface area contributed by atoms with E-state index in [1.165, 1.54) is 24.3 Å². The smallest absolute Gasteiger partial charge is 0.338 e. The van der Waals surface area contributed by atoms with Gasteiger partial charge in [-0.25, -0.2) is 17.6 Å². The summed E-state index contributed by atoms with van der Waals surface area (Å²) in [5.74, 6) is -0.656. The number of halogens is 1. The summed E-state index contributed by atoms with van der Waals surface area (Å²) in [6.07, 6.45) is 0. The number of anilines is 1. The van der Waals surface area contributed by atoms with E-state index in [1.807, 2.05) is 30.3 Å². The maximum Gasteiger partial charge on any atom is 0.338 e. The Morgan fingerprint density at radius 1 is 0.969 bits per heavy atom. The lowest BCUT2D eigenvalue weighted by molar-refractivity contribution is 0.0430. The molecule has 4 aromatic rings. The van der Waals surface area contributed by atoms with Gasteiger partial charge in [-0.3, -0.25) is 4.72 Å². The van der Waals surface area contributed by atoms with Crippen LogP contribution in [0.25, 0.3) is 11.4 Å². The molecule has 0 amide bonds. The van der Waals surface area contributed by atoms with Crippen molar-refractivity contribution in [1.82, 2.24) is 10.1 Å². The highest BCUT2D eigenvalue weighted by Gasteiger charge is 2.16. The van der Waals surface area contributed by atoms with Gasteiger partial charge in [0.15, 0.2) is 6.61 Å². The molecular weight excluding hydrogens is 437 g/mol. The maximum absolute atomic E-state index is 13.0. The van der Waals surface area contributed by atoms with Crippen LogP contribution in [-0.2, 0) is 21.4 Å². The number of sulfonamides is 1. The van der Waals surface area contributed by atoms with Gasteiger partial charge in [0, 0.05) is 11.3 Å². The minimum absolute atomic E-state index is 0.0863. The van der Waals surface area contributed by atoms with Gasteiger partial charge in [0.25, 0.3) is 15.9 Å². The second-order valence-corrected chi connectivity index (χ2v) is 8.27. The number of hydrogen-bond acceptors (Lipinski definition) is 7. The van der Waals surface area contributed by atoms with E-state index >= 15 is 0 Å². The highest BCUT2D eigenvalue weighted by molar-refractivity contribution is 7.92. The second kappa shape index (κ2) is 8.98. The van der Waals surface area contributed by atoms with Gasteiger partial charge in [-0.2, -0.15) is 4.98 Å². The average Bonchev–Trinajstić information content (AvgIpc) is 3.28. The zero-order valence-electron chi connectivity index (χ0n) is 16.4. The number of carbonyl (C=O) groups is 1. The van der Waals surface area contributed by atoms with Crippen molar-refractivity contribution in [3.63, 3.8) is 0 Å². The highest BCUT2D eigenvalue weighted by atomic mass is 32.2. The van der Waals surface area contributed by atoms with Gasteiger partial charge >= 0.3 is 5.97 Å². The van der Waals surface area contributed by atoms with E-state index < -0.39 is 21.8 Å². The molecule has 0 saturated heterocycles. The molecule has 1 heterocycles. The topological polar surface area (TPSA) is 111 Å². The summed E-state index contributed by atoms with van der Waals surface area (Å²) in [5.41, 5.74) is 1.21. The monoisotopic (exact) mass is 453 g/mol. The fraction of sp³-hybridized carbons (Fsp3) is 0.0455. The van der Waals surface area contributed by atoms with Crippen molar-refractivity contribution in [2.45, 2.75) is 11.5 Å². The zero-order valence-corrected chi connectivity index (χ0v) is 17.3. The number of aromatic nitrogens is 2. The minimum atomic E-state index is -3.89. The van der Waals surface area contributed by atoms with Crippen LogP contribution < -0.4 is 4.72 Å². The number of esters is 1. The van der Waals surface area contributed by atoms with E-state index in [0.29, 0.717) is 5.82 Å². The minimum Gasteiger partial charge on any atom is -0.452 e. The van der Waals surface area contributed by atoms with E-state index in [0.717, 1.165) is 29.8 Å². The molecule has 0 saturated carbocycles. The fourth-order valence-electron chi connectivity index (χ4n) is 2.73. The molecule has 0 atom stereocenters. The second-order valence-electron chi connectivity index (χ2n) is 6.59. The van der Waals surface area contributed by atoms with Crippen LogP contribution in [0.3, 0.4) is 0 Å². The summed E-state index contributed by atoms with van der Waals surface area (Å²) in [7, 11) is -3.89. The molecule has 1 aromatic heterocycles. The third kappa shape index (κ3) is 4.98. The summed E-state index contributed by atoms with van der Waals surface area (Å²) < 4.78 is 50.3. The van der Waals surface area contributed by atoms with Crippen LogP contribution in [-0.4, -0.2) is 24.5 Å². The van der Waals surface area contributed by atoms with E-state index in [-0.39, 0.29) is 28.6 Å². The van der Waals surface area contributed by atoms with E-state index in [2.05, 4.69) is 14.9 Å². The summed E-state index contributed by atoms with van der Waals surface area (Å²) in [4.78, 5) is 16.4. The molecule has 0 unspecified atom stereocenters. The Morgan fingerprint density at radius 2 is 1.66 bits per heavy atom. The summed E-state index contributed by atoms with van der Waals surface area (Å²) in [5, 5.41) is 3.85. The van der Waals surface area contributed by atoms with Crippen LogP contribution in [0.5, 0.6) is 0 Å². The number of carbonyl (C=O) groups excluding carboxylic acids is 1. The van der Waals surface area contributed by atoms with Crippen LogP contribution in [0, 0.1) is 5.82 Å². The van der Waals surface area contributed by atoms with Crippen LogP contribution in [0.4, 0.5) is 10.1 Å². The largest absolute Gasteiger partial charge is 0.452 e. The third-order valence-electron chi connectivity index (χ3n) is 4.32. The van der Waals surface area contributed by atoms with Crippen LogP contribution >= 0.6 is 0 Å².